The fourth-order valence-corrected chi connectivity index (χ4v) is 2.94. The Hall–Kier alpha value is -0.600. The number of rotatable bonds is 19. The zero-order valence-corrected chi connectivity index (χ0v) is 16.4. The lowest BCUT2D eigenvalue weighted by Gasteiger charge is -2.16. The van der Waals surface area contributed by atoms with Crippen molar-refractivity contribution in [3.63, 3.8) is 0 Å². The van der Waals surface area contributed by atoms with E-state index < -0.39 is 0 Å². The van der Waals surface area contributed by atoms with Crippen molar-refractivity contribution in [2.24, 2.45) is 0 Å². The minimum absolute atomic E-state index is 0.0206. The lowest BCUT2D eigenvalue weighted by Crippen LogP contribution is -2.17. The van der Waals surface area contributed by atoms with Gasteiger partial charge in [-0.25, -0.2) is 0 Å². The fraction of sp³-hybridized carbons (Fsp3) is 0.818. The van der Waals surface area contributed by atoms with E-state index in [0.29, 0.717) is 0 Å². The Morgan fingerprint density at radius 3 is 1.62 bits per heavy atom. The second-order valence-electron chi connectivity index (χ2n) is 6.47. The maximum atomic E-state index is 5.57. The first-order chi connectivity index (χ1) is 11.8. The van der Waals surface area contributed by atoms with Crippen LogP contribution in [-0.4, -0.2) is 19.5 Å². The average molecular weight is 339 g/mol. The fourth-order valence-electron chi connectivity index (χ4n) is 2.94. The van der Waals surface area contributed by atoms with Gasteiger partial charge in [0.05, 0.1) is 0 Å². The number of ether oxygens (including phenoxy) is 2. The number of unbranched alkanes of at least 4 members (excludes halogenated alkanes) is 11. The minimum Gasteiger partial charge on any atom is -0.353 e. The van der Waals surface area contributed by atoms with Crippen LogP contribution in [0.5, 0.6) is 0 Å². The molecule has 0 rings (SSSR count). The van der Waals surface area contributed by atoms with Crippen LogP contribution < -0.4 is 0 Å². The molecule has 0 aliphatic carbocycles. The van der Waals surface area contributed by atoms with Crippen molar-refractivity contribution in [3.05, 3.63) is 24.8 Å². The number of allylic oxidation sites excluding steroid dienone is 3. The average Bonchev–Trinajstić information content (AvgIpc) is 2.58. The largest absolute Gasteiger partial charge is 0.353 e. The molecule has 2 heteroatoms. The molecule has 0 aromatic carbocycles. The van der Waals surface area contributed by atoms with E-state index in [1.165, 1.54) is 77.0 Å². The molecular formula is C22H42O2. The van der Waals surface area contributed by atoms with Crippen molar-refractivity contribution in [3.8, 4) is 0 Å². The Morgan fingerprint density at radius 1 is 0.708 bits per heavy atom. The molecular weight excluding hydrogens is 296 g/mol. The topological polar surface area (TPSA) is 18.5 Å². The molecule has 0 amide bonds. The van der Waals surface area contributed by atoms with E-state index in [0.717, 1.165) is 19.6 Å². The zero-order valence-electron chi connectivity index (χ0n) is 16.4. The van der Waals surface area contributed by atoms with Crippen LogP contribution in [0.2, 0.25) is 0 Å². The lowest BCUT2D eigenvalue weighted by atomic mass is 10.0. The first-order valence-corrected chi connectivity index (χ1v) is 10.4. The van der Waals surface area contributed by atoms with Crippen LogP contribution in [0, 0.1) is 0 Å². The summed E-state index contributed by atoms with van der Waals surface area (Å²) in [7, 11) is 0. The maximum Gasteiger partial charge on any atom is 0.157 e. The molecule has 0 aromatic heterocycles. The van der Waals surface area contributed by atoms with Crippen molar-refractivity contribution in [2.45, 2.75) is 104 Å². The predicted octanol–water partition coefficient (Wildman–Crippen LogP) is 7.20. The van der Waals surface area contributed by atoms with E-state index in [9.17, 15) is 0 Å². The molecule has 0 saturated heterocycles. The summed E-state index contributed by atoms with van der Waals surface area (Å²) in [6, 6.07) is 0. The van der Waals surface area contributed by atoms with Crippen LogP contribution in [0.4, 0.5) is 0 Å². The SMILES string of the molecule is C=C/C=C/CCCCCCCCCCCCCC(OCC)OCC. The van der Waals surface area contributed by atoms with Crippen molar-refractivity contribution < 1.29 is 9.47 Å². The molecule has 0 spiro atoms. The highest BCUT2D eigenvalue weighted by Gasteiger charge is 2.06. The Balaban J connectivity index is 3.19. The van der Waals surface area contributed by atoms with Gasteiger partial charge in [0, 0.05) is 13.2 Å². The van der Waals surface area contributed by atoms with Gasteiger partial charge in [0.1, 0.15) is 0 Å². The Bertz CT molecular complexity index is 267. The molecule has 0 saturated carbocycles. The summed E-state index contributed by atoms with van der Waals surface area (Å²) in [5, 5.41) is 0. The summed E-state index contributed by atoms with van der Waals surface area (Å²) in [5.41, 5.74) is 0. The first kappa shape index (κ1) is 23.4. The summed E-state index contributed by atoms with van der Waals surface area (Å²) in [6.45, 7) is 9.24. The summed E-state index contributed by atoms with van der Waals surface area (Å²) < 4.78 is 11.1. The van der Waals surface area contributed by atoms with Gasteiger partial charge in [0.15, 0.2) is 6.29 Å². The molecule has 0 N–H and O–H groups in total. The van der Waals surface area contributed by atoms with Gasteiger partial charge in [0.2, 0.25) is 0 Å². The van der Waals surface area contributed by atoms with Crippen LogP contribution in [0.15, 0.2) is 24.8 Å². The van der Waals surface area contributed by atoms with Crippen molar-refractivity contribution in [2.75, 3.05) is 13.2 Å². The second-order valence-corrected chi connectivity index (χ2v) is 6.47. The van der Waals surface area contributed by atoms with Crippen LogP contribution in [0.1, 0.15) is 97.3 Å². The van der Waals surface area contributed by atoms with Crippen LogP contribution in [0.3, 0.4) is 0 Å². The summed E-state index contributed by atoms with van der Waals surface area (Å²) in [5.74, 6) is 0. The molecule has 0 aliphatic heterocycles. The van der Waals surface area contributed by atoms with Gasteiger partial charge in [-0.3, -0.25) is 0 Å². The molecule has 24 heavy (non-hydrogen) atoms. The number of hydrogen-bond acceptors (Lipinski definition) is 2. The Kier molecular flexibility index (Phi) is 19.9. The van der Waals surface area contributed by atoms with E-state index >= 15 is 0 Å². The van der Waals surface area contributed by atoms with Gasteiger partial charge in [-0.05, 0) is 39.5 Å². The third kappa shape index (κ3) is 17.7. The van der Waals surface area contributed by atoms with Crippen LogP contribution >= 0.6 is 0 Å². The molecule has 0 aliphatic rings. The van der Waals surface area contributed by atoms with E-state index in [1.807, 2.05) is 26.0 Å². The molecule has 0 bridgehead atoms. The highest BCUT2D eigenvalue weighted by atomic mass is 16.7. The van der Waals surface area contributed by atoms with E-state index in [1.54, 1.807) is 0 Å². The number of hydrogen-bond donors (Lipinski definition) is 0. The highest BCUT2D eigenvalue weighted by molar-refractivity contribution is 4.96. The normalized spacial score (nSPS) is 11.6. The van der Waals surface area contributed by atoms with Gasteiger partial charge in [0.25, 0.3) is 0 Å². The molecule has 0 unspecified atom stereocenters. The second kappa shape index (κ2) is 20.4. The summed E-state index contributed by atoms with van der Waals surface area (Å²) in [4.78, 5) is 0. The quantitative estimate of drug-likeness (QED) is 0.141. The standard InChI is InChI=1S/C22H42O2/c1-4-7-8-9-10-11-12-13-14-15-16-17-18-19-20-21-22(23-5-2)24-6-3/h4,7-8,22H,1,5-6,9-21H2,2-3H3/b8-7+. The predicted molar refractivity (Wildman–Crippen MR) is 106 cm³/mol. The first-order valence-electron chi connectivity index (χ1n) is 10.4. The molecule has 0 heterocycles. The zero-order chi connectivity index (χ0) is 17.7. The monoisotopic (exact) mass is 338 g/mol. The molecule has 2 nitrogen and oxygen atoms in total. The van der Waals surface area contributed by atoms with Gasteiger partial charge in [-0.2, -0.15) is 0 Å². The van der Waals surface area contributed by atoms with Gasteiger partial charge in [-0.15, -0.1) is 0 Å². The molecule has 0 aromatic rings. The third-order valence-electron chi connectivity index (χ3n) is 4.29. The van der Waals surface area contributed by atoms with Crippen molar-refractivity contribution >= 4 is 0 Å². The van der Waals surface area contributed by atoms with E-state index in [4.69, 9.17) is 9.47 Å². The lowest BCUT2D eigenvalue weighted by molar-refractivity contribution is -0.140. The summed E-state index contributed by atoms with van der Waals surface area (Å²) in [6.07, 6.45) is 23.4. The molecule has 0 atom stereocenters. The van der Waals surface area contributed by atoms with Crippen LogP contribution in [0.25, 0.3) is 0 Å². The Morgan fingerprint density at radius 2 is 1.17 bits per heavy atom. The Labute approximate surface area is 151 Å². The molecule has 0 fully saturated rings. The minimum atomic E-state index is 0.0206. The van der Waals surface area contributed by atoms with Gasteiger partial charge >= 0.3 is 0 Å². The van der Waals surface area contributed by atoms with Gasteiger partial charge < -0.3 is 9.47 Å². The molecule has 0 radical (unpaired) electrons. The van der Waals surface area contributed by atoms with Crippen LogP contribution in [-0.2, 0) is 9.47 Å². The highest BCUT2D eigenvalue weighted by Crippen LogP contribution is 2.14. The maximum absolute atomic E-state index is 5.57. The molecule has 142 valence electrons. The van der Waals surface area contributed by atoms with E-state index in [2.05, 4.69) is 12.7 Å². The van der Waals surface area contributed by atoms with E-state index in [-0.39, 0.29) is 6.29 Å². The van der Waals surface area contributed by atoms with Crippen molar-refractivity contribution in [1.82, 2.24) is 0 Å². The van der Waals surface area contributed by atoms with Gasteiger partial charge in [-0.1, -0.05) is 82.6 Å². The van der Waals surface area contributed by atoms with Crippen molar-refractivity contribution in [1.29, 1.82) is 0 Å². The summed E-state index contributed by atoms with van der Waals surface area (Å²) >= 11 is 0. The smallest absolute Gasteiger partial charge is 0.157 e. The third-order valence-corrected chi connectivity index (χ3v) is 4.29.